The lowest BCUT2D eigenvalue weighted by Crippen LogP contribution is -2.19. The number of hydrogen-bond donors (Lipinski definition) is 1. The summed E-state index contributed by atoms with van der Waals surface area (Å²) in [5, 5.41) is 3.94. The molecule has 1 saturated heterocycles. The maximum atomic E-state index is 12.4. The van der Waals surface area contributed by atoms with Gasteiger partial charge in [-0.3, -0.25) is 4.79 Å². The van der Waals surface area contributed by atoms with E-state index in [9.17, 15) is 4.79 Å². The first-order valence-electron chi connectivity index (χ1n) is 8.48. The maximum absolute atomic E-state index is 12.4. The smallest absolute Gasteiger partial charge is 0.264 e. The van der Waals surface area contributed by atoms with Gasteiger partial charge in [-0.05, 0) is 83.0 Å². The van der Waals surface area contributed by atoms with Crippen molar-refractivity contribution in [1.82, 2.24) is 5.32 Å². The molecular formula is C20H18BrClN2O3S. The Bertz CT molecular complexity index is 992. The van der Waals surface area contributed by atoms with E-state index in [0.717, 1.165) is 21.3 Å². The zero-order valence-electron chi connectivity index (χ0n) is 15.5. The Kier molecular flexibility index (Phi) is 6.69. The Labute approximate surface area is 181 Å². The molecule has 1 fully saturated rings. The van der Waals surface area contributed by atoms with Crippen LogP contribution in [0.15, 0.2) is 44.7 Å². The van der Waals surface area contributed by atoms with Crippen molar-refractivity contribution in [2.24, 2.45) is 4.99 Å². The second-order valence-corrected chi connectivity index (χ2v) is 8.13. The van der Waals surface area contributed by atoms with Gasteiger partial charge in [-0.1, -0.05) is 17.7 Å². The number of ether oxygens (including phenoxy) is 2. The molecule has 146 valence electrons. The molecule has 0 bridgehead atoms. The highest BCUT2D eigenvalue weighted by Gasteiger charge is 2.24. The molecule has 3 rings (SSSR count). The molecule has 28 heavy (non-hydrogen) atoms. The van der Waals surface area contributed by atoms with Crippen LogP contribution in [-0.2, 0) is 4.79 Å². The SMILES string of the molecule is CCOc1c(Br)cc(/C=C2/SC(=Nc3cccc(Cl)c3C)NC2=O)cc1OC. The van der Waals surface area contributed by atoms with Crippen molar-refractivity contribution in [3.63, 3.8) is 0 Å². The Morgan fingerprint density at radius 1 is 1.36 bits per heavy atom. The van der Waals surface area contributed by atoms with Gasteiger partial charge < -0.3 is 14.8 Å². The van der Waals surface area contributed by atoms with Gasteiger partial charge in [0.05, 0.1) is 28.8 Å². The van der Waals surface area contributed by atoms with Crippen LogP contribution in [-0.4, -0.2) is 24.8 Å². The number of thioether (sulfide) groups is 1. The molecule has 2 aromatic rings. The van der Waals surface area contributed by atoms with E-state index in [0.29, 0.717) is 33.2 Å². The van der Waals surface area contributed by atoms with Crippen LogP contribution in [0.4, 0.5) is 5.69 Å². The fourth-order valence-electron chi connectivity index (χ4n) is 2.57. The summed E-state index contributed by atoms with van der Waals surface area (Å²) in [5.41, 5.74) is 2.40. The summed E-state index contributed by atoms with van der Waals surface area (Å²) in [6, 6.07) is 9.20. The number of nitrogens with one attached hydrogen (secondary N) is 1. The van der Waals surface area contributed by atoms with E-state index in [4.69, 9.17) is 21.1 Å². The highest BCUT2D eigenvalue weighted by atomic mass is 79.9. The predicted octanol–water partition coefficient (Wildman–Crippen LogP) is 5.71. The van der Waals surface area contributed by atoms with Crippen LogP contribution in [0.1, 0.15) is 18.1 Å². The number of carbonyl (C=O) groups is 1. The van der Waals surface area contributed by atoms with Gasteiger partial charge in [-0.2, -0.15) is 0 Å². The van der Waals surface area contributed by atoms with Crippen LogP contribution in [0.25, 0.3) is 6.08 Å². The van der Waals surface area contributed by atoms with E-state index in [1.165, 1.54) is 11.8 Å². The number of amides is 1. The minimum Gasteiger partial charge on any atom is -0.493 e. The van der Waals surface area contributed by atoms with E-state index in [1.54, 1.807) is 13.2 Å². The van der Waals surface area contributed by atoms with E-state index in [2.05, 4.69) is 26.2 Å². The van der Waals surface area contributed by atoms with Crippen molar-refractivity contribution in [3.8, 4) is 11.5 Å². The number of benzene rings is 2. The lowest BCUT2D eigenvalue weighted by molar-refractivity contribution is -0.115. The van der Waals surface area contributed by atoms with Gasteiger partial charge in [0.2, 0.25) is 0 Å². The number of nitrogens with zero attached hydrogens (tertiary/aromatic N) is 1. The zero-order valence-corrected chi connectivity index (χ0v) is 18.7. The van der Waals surface area contributed by atoms with Gasteiger partial charge in [0.25, 0.3) is 5.91 Å². The fraction of sp³-hybridized carbons (Fsp3) is 0.200. The summed E-state index contributed by atoms with van der Waals surface area (Å²) in [7, 11) is 1.58. The summed E-state index contributed by atoms with van der Waals surface area (Å²) in [4.78, 5) is 17.4. The van der Waals surface area contributed by atoms with Crippen molar-refractivity contribution in [1.29, 1.82) is 0 Å². The second kappa shape index (κ2) is 9.03. The van der Waals surface area contributed by atoms with Gasteiger partial charge in [-0.25, -0.2) is 4.99 Å². The molecule has 0 spiro atoms. The van der Waals surface area contributed by atoms with Gasteiger partial charge in [0.1, 0.15) is 0 Å². The van der Waals surface area contributed by atoms with Gasteiger partial charge in [0.15, 0.2) is 16.7 Å². The Hall–Kier alpha value is -1.96. The van der Waals surface area contributed by atoms with E-state index < -0.39 is 0 Å². The number of carbonyl (C=O) groups excluding carboxylic acids is 1. The second-order valence-electron chi connectivity index (χ2n) is 5.83. The summed E-state index contributed by atoms with van der Waals surface area (Å²) < 4.78 is 11.8. The van der Waals surface area contributed by atoms with Crippen LogP contribution in [0.2, 0.25) is 5.02 Å². The summed E-state index contributed by atoms with van der Waals surface area (Å²) in [6.45, 7) is 4.32. The van der Waals surface area contributed by atoms with Crippen LogP contribution in [0.3, 0.4) is 0 Å². The topological polar surface area (TPSA) is 59.9 Å². The van der Waals surface area contributed by atoms with Crippen molar-refractivity contribution >= 4 is 62.1 Å². The maximum Gasteiger partial charge on any atom is 0.264 e. The number of amidine groups is 1. The third-order valence-electron chi connectivity index (χ3n) is 3.95. The normalized spacial score (nSPS) is 16.5. The van der Waals surface area contributed by atoms with Crippen LogP contribution < -0.4 is 14.8 Å². The van der Waals surface area contributed by atoms with Crippen molar-refractivity contribution in [2.75, 3.05) is 13.7 Å². The molecule has 1 N–H and O–H groups in total. The predicted molar refractivity (Wildman–Crippen MR) is 119 cm³/mol. The molecule has 0 radical (unpaired) electrons. The molecule has 2 aromatic carbocycles. The summed E-state index contributed by atoms with van der Waals surface area (Å²) in [6.07, 6.45) is 1.79. The Balaban J connectivity index is 1.90. The van der Waals surface area contributed by atoms with Gasteiger partial charge in [0, 0.05) is 5.02 Å². The fourth-order valence-corrected chi connectivity index (χ4v) is 4.14. The minimum atomic E-state index is -0.201. The standard InChI is InChI=1S/C20H18BrClN2O3S/c1-4-27-18-13(21)8-12(9-16(18)26-3)10-17-19(25)24-20(28-17)23-15-7-5-6-14(22)11(15)2/h5-10H,4H2,1-3H3,(H,23,24,25)/b17-10+. The van der Waals surface area contributed by atoms with E-state index in [1.807, 2.05) is 44.2 Å². The van der Waals surface area contributed by atoms with Crippen molar-refractivity contribution in [2.45, 2.75) is 13.8 Å². The van der Waals surface area contributed by atoms with E-state index in [-0.39, 0.29) is 5.91 Å². The molecule has 0 unspecified atom stereocenters. The molecule has 1 aliphatic rings. The first-order valence-corrected chi connectivity index (χ1v) is 10.5. The quantitative estimate of drug-likeness (QED) is 0.556. The molecular weight excluding hydrogens is 464 g/mol. The van der Waals surface area contributed by atoms with Crippen LogP contribution >= 0.6 is 39.3 Å². The average Bonchev–Trinajstić information content (AvgIpc) is 3.00. The molecule has 1 amide bonds. The summed E-state index contributed by atoms with van der Waals surface area (Å²) >= 11 is 10.9. The van der Waals surface area contributed by atoms with Gasteiger partial charge >= 0.3 is 0 Å². The van der Waals surface area contributed by atoms with Crippen LogP contribution in [0.5, 0.6) is 11.5 Å². The molecule has 0 atom stereocenters. The molecule has 8 heteroatoms. The minimum absolute atomic E-state index is 0.201. The monoisotopic (exact) mass is 480 g/mol. The number of aliphatic imine (C=N–C) groups is 1. The van der Waals surface area contributed by atoms with Crippen LogP contribution in [0, 0.1) is 6.92 Å². The van der Waals surface area contributed by atoms with Gasteiger partial charge in [-0.15, -0.1) is 0 Å². The highest BCUT2D eigenvalue weighted by molar-refractivity contribution is 9.10. The Morgan fingerprint density at radius 3 is 2.86 bits per heavy atom. The van der Waals surface area contributed by atoms with Crippen molar-refractivity contribution in [3.05, 3.63) is 55.9 Å². The number of halogens is 2. The number of rotatable bonds is 5. The molecule has 1 heterocycles. The summed E-state index contributed by atoms with van der Waals surface area (Å²) in [5.74, 6) is 1.02. The highest BCUT2D eigenvalue weighted by Crippen LogP contribution is 2.38. The first-order chi connectivity index (χ1) is 13.4. The number of methoxy groups -OCH3 is 1. The average molecular weight is 482 g/mol. The molecule has 0 saturated carbocycles. The Morgan fingerprint density at radius 2 is 2.14 bits per heavy atom. The molecule has 0 aliphatic carbocycles. The lowest BCUT2D eigenvalue weighted by Gasteiger charge is -2.12. The molecule has 1 aliphatic heterocycles. The largest absolute Gasteiger partial charge is 0.493 e. The third-order valence-corrected chi connectivity index (χ3v) is 5.86. The molecule has 5 nitrogen and oxygen atoms in total. The first kappa shape index (κ1) is 20.8. The zero-order chi connectivity index (χ0) is 20.3. The number of hydrogen-bond acceptors (Lipinski definition) is 5. The third kappa shape index (κ3) is 4.54. The van der Waals surface area contributed by atoms with E-state index >= 15 is 0 Å². The van der Waals surface area contributed by atoms with Crippen molar-refractivity contribution < 1.29 is 14.3 Å². The lowest BCUT2D eigenvalue weighted by atomic mass is 10.2. The molecule has 0 aromatic heterocycles.